The van der Waals surface area contributed by atoms with Gasteiger partial charge in [0, 0.05) is 25.8 Å². The first kappa shape index (κ1) is 16.9. The summed E-state index contributed by atoms with van der Waals surface area (Å²) in [7, 11) is 1.69. The Morgan fingerprint density at radius 2 is 1.95 bits per heavy atom. The first-order valence-corrected chi connectivity index (χ1v) is 7.24. The molecule has 114 valence electrons. The molecule has 1 aromatic rings. The summed E-state index contributed by atoms with van der Waals surface area (Å²) in [4.78, 5) is 0. The van der Waals surface area contributed by atoms with E-state index in [1.54, 1.807) is 13.2 Å². The lowest BCUT2D eigenvalue weighted by molar-refractivity contribution is 0.184. The molecule has 1 N–H and O–H groups in total. The minimum Gasteiger partial charge on any atom is -0.493 e. The maximum absolute atomic E-state index is 13.3. The normalized spacial score (nSPS) is 11.1. The van der Waals surface area contributed by atoms with Crippen molar-refractivity contribution in [1.29, 1.82) is 0 Å². The molecule has 4 heteroatoms. The van der Waals surface area contributed by atoms with Crippen LogP contribution >= 0.6 is 0 Å². The predicted molar refractivity (Wildman–Crippen MR) is 79.5 cm³/mol. The molecule has 0 unspecified atom stereocenters. The van der Waals surface area contributed by atoms with Gasteiger partial charge < -0.3 is 14.8 Å². The molecule has 0 saturated heterocycles. The molecule has 0 saturated carbocycles. The fourth-order valence-corrected chi connectivity index (χ4v) is 1.85. The van der Waals surface area contributed by atoms with Crippen LogP contribution in [0.1, 0.15) is 32.3 Å². The van der Waals surface area contributed by atoms with Crippen LogP contribution in [0.2, 0.25) is 0 Å². The molecule has 3 nitrogen and oxygen atoms in total. The number of methoxy groups -OCH3 is 1. The van der Waals surface area contributed by atoms with E-state index in [4.69, 9.17) is 9.47 Å². The molecule has 0 amide bonds. The molecule has 0 aliphatic heterocycles. The monoisotopic (exact) mass is 283 g/mol. The van der Waals surface area contributed by atoms with Crippen LogP contribution in [0.4, 0.5) is 4.39 Å². The fourth-order valence-electron chi connectivity index (χ4n) is 1.85. The molecule has 0 bridgehead atoms. The Morgan fingerprint density at radius 1 is 1.20 bits per heavy atom. The SMILES string of the molecule is COCCCCOc1ccc(F)cc1CNCC(C)C. The van der Waals surface area contributed by atoms with Gasteiger partial charge >= 0.3 is 0 Å². The summed E-state index contributed by atoms with van der Waals surface area (Å²) in [6.45, 7) is 7.20. The second-order valence-corrected chi connectivity index (χ2v) is 5.33. The van der Waals surface area contributed by atoms with Crippen LogP contribution < -0.4 is 10.1 Å². The Labute approximate surface area is 121 Å². The van der Waals surface area contributed by atoms with Gasteiger partial charge in [-0.25, -0.2) is 4.39 Å². The zero-order valence-corrected chi connectivity index (χ0v) is 12.7. The van der Waals surface area contributed by atoms with Gasteiger partial charge in [-0.15, -0.1) is 0 Å². The van der Waals surface area contributed by atoms with E-state index in [1.807, 2.05) is 0 Å². The zero-order valence-electron chi connectivity index (χ0n) is 12.7. The highest BCUT2D eigenvalue weighted by atomic mass is 19.1. The van der Waals surface area contributed by atoms with Crippen molar-refractivity contribution in [2.45, 2.75) is 33.2 Å². The van der Waals surface area contributed by atoms with E-state index in [0.29, 0.717) is 19.1 Å². The highest BCUT2D eigenvalue weighted by Crippen LogP contribution is 2.20. The molecule has 0 aromatic heterocycles. The topological polar surface area (TPSA) is 30.5 Å². The van der Waals surface area contributed by atoms with E-state index >= 15 is 0 Å². The molecule has 0 atom stereocenters. The lowest BCUT2D eigenvalue weighted by Gasteiger charge is -2.13. The van der Waals surface area contributed by atoms with Crippen LogP contribution in [-0.4, -0.2) is 26.9 Å². The minimum atomic E-state index is -0.224. The van der Waals surface area contributed by atoms with Gasteiger partial charge in [0.25, 0.3) is 0 Å². The van der Waals surface area contributed by atoms with Gasteiger partial charge in [0.1, 0.15) is 11.6 Å². The predicted octanol–water partition coefficient (Wildman–Crippen LogP) is 3.38. The van der Waals surface area contributed by atoms with Crippen molar-refractivity contribution in [2.75, 3.05) is 26.9 Å². The van der Waals surface area contributed by atoms with E-state index in [-0.39, 0.29) is 5.82 Å². The summed E-state index contributed by atoms with van der Waals surface area (Å²) in [5.74, 6) is 1.11. The van der Waals surface area contributed by atoms with Crippen molar-refractivity contribution in [3.63, 3.8) is 0 Å². The van der Waals surface area contributed by atoms with Crippen LogP contribution in [0.3, 0.4) is 0 Å². The summed E-state index contributed by atoms with van der Waals surface area (Å²) in [6, 6.07) is 4.69. The molecule has 0 radical (unpaired) electrons. The Balaban J connectivity index is 2.47. The molecule has 0 heterocycles. The Kier molecular flexibility index (Phi) is 8.23. The van der Waals surface area contributed by atoms with Crippen LogP contribution in [0, 0.1) is 11.7 Å². The van der Waals surface area contributed by atoms with Crippen molar-refractivity contribution in [3.05, 3.63) is 29.6 Å². The summed E-state index contributed by atoms with van der Waals surface area (Å²) in [6.07, 6.45) is 1.91. The number of unbranched alkanes of at least 4 members (excludes halogenated alkanes) is 1. The average molecular weight is 283 g/mol. The zero-order chi connectivity index (χ0) is 14.8. The van der Waals surface area contributed by atoms with E-state index in [9.17, 15) is 4.39 Å². The molecule has 1 rings (SSSR count). The smallest absolute Gasteiger partial charge is 0.123 e. The number of ether oxygens (including phenoxy) is 2. The summed E-state index contributed by atoms with van der Waals surface area (Å²) in [5.41, 5.74) is 0.873. The lowest BCUT2D eigenvalue weighted by Crippen LogP contribution is -2.19. The van der Waals surface area contributed by atoms with Crippen molar-refractivity contribution in [3.8, 4) is 5.75 Å². The Hall–Kier alpha value is -1.13. The standard InChI is InChI=1S/C16H26FNO2/c1-13(2)11-18-12-14-10-15(17)6-7-16(14)20-9-5-4-8-19-3/h6-7,10,13,18H,4-5,8-9,11-12H2,1-3H3. The molecule has 1 aromatic carbocycles. The van der Waals surface area contributed by atoms with Crippen molar-refractivity contribution in [1.82, 2.24) is 5.32 Å². The summed E-state index contributed by atoms with van der Waals surface area (Å²) < 4.78 is 24.0. The second-order valence-electron chi connectivity index (χ2n) is 5.33. The summed E-state index contributed by atoms with van der Waals surface area (Å²) >= 11 is 0. The number of hydrogen-bond donors (Lipinski definition) is 1. The fraction of sp³-hybridized carbons (Fsp3) is 0.625. The van der Waals surface area contributed by atoms with Crippen LogP contribution in [0.15, 0.2) is 18.2 Å². The van der Waals surface area contributed by atoms with E-state index in [0.717, 1.165) is 37.3 Å². The van der Waals surface area contributed by atoms with Crippen LogP contribution in [-0.2, 0) is 11.3 Å². The highest BCUT2D eigenvalue weighted by Gasteiger charge is 2.06. The van der Waals surface area contributed by atoms with Gasteiger partial charge in [0.15, 0.2) is 0 Å². The van der Waals surface area contributed by atoms with Gasteiger partial charge in [0.2, 0.25) is 0 Å². The Morgan fingerprint density at radius 3 is 2.65 bits per heavy atom. The van der Waals surface area contributed by atoms with E-state index in [1.165, 1.54) is 12.1 Å². The number of halogens is 1. The average Bonchev–Trinajstić information content (AvgIpc) is 2.40. The van der Waals surface area contributed by atoms with Crippen molar-refractivity contribution >= 4 is 0 Å². The molecule has 0 aliphatic rings. The molecular formula is C16H26FNO2. The number of nitrogens with one attached hydrogen (secondary N) is 1. The third kappa shape index (κ3) is 6.87. The van der Waals surface area contributed by atoms with Crippen LogP contribution in [0.25, 0.3) is 0 Å². The molecule has 0 aliphatic carbocycles. The van der Waals surface area contributed by atoms with E-state index in [2.05, 4.69) is 19.2 Å². The minimum absolute atomic E-state index is 0.224. The number of benzene rings is 1. The number of hydrogen-bond acceptors (Lipinski definition) is 3. The maximum atomic E-state index is 13.3. The lowest BCUT2D eigenvalue weighted by atomic mass is 10.1. The Bertz CT molecular complexity index is 383. The third-order valence-corrected chi connectivity index (χ3v) is 2.89. The van der Waals surface area contributed by atoms with Gasteiger partial charge in [-0.1, -0.05) is 13.8 Å². The quantitative estimate of drug-likeness (QED) is 0.668. The van der Waals surface area contributed by atoms with Gasteiger partial charge in [-0.05, 0) is 43.5 Å². The van der Waals surface area contributed by atoms with Crippen molar-refractivity contribution in [2.24, 2.45) is 5.92 Å². The van der Waals surface area contributed by atoms with Gasteiger partial charge in [0.05, 0.1) is 6.61 Å². The molecule has 0 fully saturated rings. The van der Waals surface area contributed by atoms with E-state index < -0.39 is 0 Å². The van der Waals surface area contributed by atoms with Gasteiger partial charge in [-0.3, -0.25) is 0 Å². The number of rotatable bonds is 10. The first-order valence-electron chi connectivity index (χ1n) is 7.24. The highest BCUT2D eigenvalue weighted by molar-refractivity contribution is 5.33. The van der Waals surface area contributed by atoms with Gasteiger partial charge in [-0.2, -0.15) is 0 Å². The van der Waals surface area contributed by atoms with Crippen LogP contribution in [0.5, 0.6) is 5.75 Å². The largest absolute Gasteiger partial charge is 0.493 e. The molecule has 20 heavy (non-hydrogen) atoms. The first-order chi connectivity index (χ1) is 9.63. The maximum Gasteiger partial charge on any atom is 0.123 e. The second kappa shape index (κ2) is 9.72. The van der Waals surface area contributed by atoms with Crippen molar-refractivity contribution < 1.29 is 13.9 Å². The summed E-state index contributed by atoms with van der Waals surface area (Å²) in [5, 5.41) is 3.31. The molecular weight excluding hydrogens is 257 g/mol. The third-order valence-electron chi connectivity index (χ3n) is 2.89. The molecule has 0 spiro atoms.